The average molecular weight is 604 g/mol. The Kier molecular flexibility index (Phi) is 8.96. The quantitative estimate of drug-likeness (QED) is 0.207. The highest BCUT2D eigenvalue weighted by Gasteiger charge is 2.58. The molecule has 2 aliphatic heterocycles. The number of aryl methyl sites for hydroxylation is 1. The molecule has 0 radical (unpaired) electrons. The van der Waals surface area contributed by atoms with Gasteiger partial charge in [-0.05, 0) is 48.6 Å². The molecule has 224 valence electrons. The van der Waals surface area contributed by atoms with Crippen LogP contribution in [0.15, 0.2) is 114 Å². The Morgan fingerprint density at radius 3 is 1.95 bits per heavy atom. The maximum atomic E-state index is 14.9. The SMILES string of the molecule is CSc1ccc(C(=O)C2C(c3ccccc3)C(C(=O)N3CCNCC3)N(C(=O)c3ccccc3)C2c2ccc(C)cc2)cc1. The molecule has 2 saturated heterocycles. The lowest BCUT2D eigenvalue weighted by atomic mass is 9.76. The van der Waals surface area contributed by atoms with E-state index in [4.69, 9.17) is 0 Å². The summed E-state index contributed by atoms with van der Waals surface area (Å²) in [6, 6.07) is 33.1. The summed E-state index contributed by atoms with van der Waals surface area (Å²) in [5.41, 5.74) is 3.87. The topological polar surface area (TPSA) is 69.7 Å². The molecule has 2 aliphatic rings. The number of carbonyl (C=O) groups is 3. The maximum absolute atomic E-state index is 14.9. The van der Waals surface area contributed by atoms with Gasteiger partial charge in [0.2, 0.25) is 5.91 Å². The van der Waals surface area contributed by atoms with Gasteiger partial charge in [0.1, 0.15) is 6.04 Å². The van der Waals surface area contributed by atoms with Crippen LogP contribution < -0.4 is 5.32 Å². The second-order valence-electron chi connectivity index (χ2n) is 11.5. The van der Waals surface area contributed by atoms with Crippen molar-refractivity contribution in [2.24, 2.45) is 5.92 Å². The van der Waals surface area contributed by atoms with Gasteiger partial charge < -0.3 is 15.1 Å². The summed E-state index contributed by atoms with van der Waals surface area (Å²) in [6.45, 7) is 4.49. The van der Waals surface area contributed by atoms with Gasteiger partial charge in [-0.2, -0.15) is 0 Å². The molecule has 7 heteroatoms. The molecule has 4 atom stereocenters. The lowest BCUT2D eigenvalue weighted by Crippen LogP contribution is -2.54. The van der Waals surface area contributed by atoms with Gasteiger partial charge in [-0.3, -0.25) is 14.4 Å². The van der Waals surface area contributed by atoms with Gasteiger partial charge in [-0.1, -0.05) is 90.5 Å². The molecular weight excluding hydrogens is 566 g/mol. The average Bonchev–Trinajstić information content (AvgIpc) is 3.45. The van der Waals surface area contributed by atoms with Crippen LogP contribution in [0.1, 0.15) is 49.4 Å². The fourth-order valence-corrected chi connectivity index (χ4v) is 7.10. The van der Waals surface area contributed by atoms with Crippen molar-refractivity contribution in [2.75, 3.05) is 32.4 Å². The molecule has 2 amide bonds. The zero-order valence-electron chi connectivity index (χ0n) is 25.1. The Labute approximate surface area is 263 Å². The lowest BCUT2D eigenvalue weighted by molar-refractivity contribution is -0.136. The normalized spacial score (nSPS) is 21.7. The molecule has 44 heavy (non-hydrogen) atoms. The predicted molar refractivity (Wildman–Crippen MR) is 175 cm³/mol. The summed E-state index contributed by atoms with van der Waals surface area (Å²) in [6.07, 6.45) is 2.01. The molecular formula is C37H37N3O3S. The molecule has 4 aromatic carbocycles. The third kappa shape index (κ3) is 5.82. The first-order valence-electron chi connectivity index (χ1n) is 15.1. The number of Topliss-reactive ketones (excluding diaryl/α,β-unsaturated/α-hetero) is 1. The molecule has 6 rings (SSSR count). The van der Waals surface area contributed by atoms with Crippen molar-refractivity contribution in [3.8, 4) is 0 Å². The highest BCUT2D eigenvalue weighted by atomic mass is 32.2. The van der Waals surface area contributed by atoms with Gasteiger partial charge in [-0.15, -0.1) is 11.8 Å². The summed E-state index contributed by atoms with van der Waals surface area (Å²) >= 11 is 1.62. The zero-order chi connectivity index (χ0) is 30.6. The molecule has 0 aromatic heterocycles. The van der Waals surface area contributed by atoms with Crippen molar-refractivity contribution in [2.45, 2.75) is 29.8 Å². The number of nitrogens with zero attached hydrogens (tertiary/aromatic N) is 2. The minimum atomic E-state index is -0.867. The second-order valence-corrected chi connectivity index (χ2v) is 12.4. The summed E-state index contributed by atoms with van der Waals surface area (Å²) in [4.78, 5) is 48.9. The Balaban J connectivity index is 1.59. The van der Waals surface area contributed by atoms with Crippen LogP contribution in [0.4, 0.5) is 0 Å². The molecule has 0 saturated carbocycles. The summed E-state index contributed by atoms with van der Waals surface area (Å²) < 4.78 is 0. The lowest BCUT2D eigenvalue weighted by Gasteiger charge is -2.36. The number of benzene rings is 4. The summed E-state index contributed by atoms with van der Waals surface area (Å²) in [7, 11) is 0. The van der Waals surface area contributed by atoms with Crippen LogP contribution in [0, 0.1) is 12.8 Å². The van der Waals surface area contributed by atoms with Crippen LogP contribution >= 0.6 is 11.8 Å². The van der Waals surface area contributed by atoms with Gasteiger partial charge in [0.15, 0.2) is 5.78 Å². The van der Waals surface area contributed by atoms with Crippen molar-refractivity contribution >= 4 is 29.4 Å². The number of ketones is 1. The minimum absolute atomic E-state index is 0.0708. The first-order valence-corrected chi connectivity index (χ1v) is 16.4. The van der Waals surface area contributed by atoms with Crippen LogP contribution in [-0.2, 0) is 4.79 Å². The van der Waals surface area contributed by atoms with Crippen molar-refractivity contribution in [3.63, 3.8) is 0 Å². The van der Waals surface area contributed by atoms with Crippen LogP contribution in [-0.4, -0.2) is 65.9 Å². The number of nitrogens with one attached hydrogen (secondary N) is 1. The Morgan fingerprint density at radius 2 is 1.34 bits per heavy atom. The highest BCUT2D eigenvalue weighted by Crippen LogP contribution is 2.52. The molecule has 6 nitrogen and oxygen atoms in total. The van der Waals surface area contributed by atoms with E-state index in [9.17, 15) is 14.4 Å². The zero-order valence-corrected chi connectivity index (χ0v) is 25.9. The summed E-state index contributed by atoms with van der Waals surface area (Å²) in [5.74, 6) is -1.68. The van der Waals surface area contributed by atoms with E-state index >= 15 is 0 Å². The highest BCUT2D eigenvalue weighted by molar-refractivity contribution is 7.98. The van der Waals surface area contributed by atoms with Crippen molar-refractivity contribution in [1.29, 1.82) is 0 Å². The third-order valence-corrected chi connectivity index (χ3v) is 9.63. The molecule has 4 aromatic rings. The number of hydrogen-bond donors (Lipinski definition) is 1. The maximum Gasteiger partial charge on any atom is 0.255 e. The number of amides is 2. The van der Waals surface area contributed by atoms with Gasteiger partial charge in [0, 0.05) is 48.1 Å². The van der Waals surface area contributed by atoms with Crippen molar-refractivity contribution in [1.82, 2.24) is 15.1 Å². The molecule has 1 N–H and O–H groups in total. The molecule has 2 heterocycles. The fourth-order valence-electron chi connectivity index (χ4n) is 6.69. The molecule has 0 bridgehead atoms. The van der Waals surface area contributed by atoms with Crippen molar-refractivity contribution in [3.05, 3.63) is 137 Å². The van der Waals surface area contributed by atoms with E-state index in [1.54, 1.807) is 28.8 Å². The Hall–Kier alpha value is -4.20. The Bertz CT molecular complexity index is 1600. The van der Waals surface area contributed by atoms with Gasteiger partial charge in [-0.25, -0.2) is 0 Å². The van der Waals surface area contributed by atoms with Crippen molar-refractivity contribution < 1.29 is 14.4 Å². The number of carbonyl (C=O) groups excluding carboxylic acids is 3. The van der Waals surface area contributed by atoms with E-state index in [2.05, 4.69) is 5.32 Å². The standard InChI is InChI=1S/C37H37N3O3S/c1-25-13-15-27(16-14-25)33-32(35(41)28-17-19-30(44-2)20-18-28)31(26-9-5-3-6-10-26)34(37(43)39-23-21-38-22-24-39)40(33)36(42)29-11-7-4-8-12-29/h3-20,31-34,38H,21-24H2,1-2H3. The van der Waals surface area contributed by atoms with E-state index in [0.29, 0.717) is 37.3 Å². The van der Waals surface area contributed by atoms with E-state index in [-0.39, 0.29) is 17.6 Å². The fraction of sp³-hybridized carbons (Fsp3) is 0.270. The van der Waals surface area contributed by atoms with E-state index < -0.39 is 23.9 Å². The third-order valence-electron chi connectivity index (χ3n) is 8.88. The summed E-state index contributed by atoms with van der Waals surface area (Å²) in [5, 5.41) is 3.33. The molecule has 2 fully saturated rings. The number of piperazine rings is 1. The van der Waals surface area contributed by atoms with E-state index in [0.717, 1.165) is 21.6 Å². The number of thioether (sulfide) groups is 1. The molecule has 0 spiro atoms. The first-order chi connectivity index (χ1) is 21.5. The number of hydrogen-bond acceptors (Lipinski definition) is 5. The largest absolute Gasteiger partial charge is 0.338 e. The molecule has 4 unspecified atom stereocenters. The molecule has 0 aliphatic carbocycles. The van der Waals surface area contributed by atoms with Crippen LogP contribution in [0.5, 0.6) is 0 Å². The van der Waals surface area contributed by atoms with Gasteiger partial charge >= 0.3 is 0 Å². The number of likely N-dealkylation sites (tertiary alicyclic amines) is 1. The Morgan fingerprint density at radius 1 is 0.727 bits per heavy atom. The smallest absolute Gasteiger partial charge is 0.255 e. The van der Waals surface area contributed by atoms with Gasteiger partial charge in [0.05, 0.1) is 12.0 Å². The first kappa shape index (κ1) is 29.9. The van der Waals surface area contributed by atoms with E-state index in [1.165, 1.54) is 0 Å². The van der Waals surface area contributed by atoms with Gasteiger partial charge in [0.25, 0.3) is 5.91 Å². The van der Waals surface area contributed by atoms with Crippen LogP contribution in [0.25, 0.3) is 0 Å². The monoisotopic (exact) mass is 603 g/mol. The van der Waals surface area contributed by atoms with E-state index in [1.807, 2.05) is 115 Å². The second kappa shape index (κ2) is 13.2. The minimum Gasteiger partial charge on any atom is -0.338 e. The number of rotatable bonds is 7. The predicted octanol–water partition coefficient (Wildman–Crippen LogP) is 6.00. The van der Waals surface area contributed by atoms with Crippen LogP contribution in [0.2, 0.25) is 0 Å². The van der Waals surface area contributed by atoms with Crippen LogP contribution in [0.3, 0.4) is 0 Å².